The topological polar surface area (TPSA) is 71.1 Å². The molecular weight excluding hydrogens is 437 g/mol. The summed E-state index contributed by atoms with van der Waals surface area (Å²) in [7, 11) is 0. The number of carbonyl (C=O) groups is 2. The van der Waals surface area contributed by atoms with Crippen molar-refractivity contribution in [2.45, 2.75) is 50.6 Å². The first-order chi connectivity index (χ1) is 16.0. The molecule has 5 nitrogen and oxygen atoms in total. The maximum atomic E-state index is 13.9. The van der Waals surface area contributed by atoms with Crippen LogP contribution in [0.1, 0.15) is 63.0 Å². The summed E-state index contributed by atoms with van der Waals surface area (Å²) in [5.41, 5.74) is 2.65. The van der Waals surface area contributed by atoms with E-state index in [1.165, 1.54) is 23.5 Å². The number of thiazole rings is 1. The molecule has 0 radical (unpaired) electrons. The summed E-state index contributed by atoms with van der Waals surface area (Å²) in [4.78, 5) is 32.5. The second kappa shape index (κ2) is 9.15. The molecule has 1 saturated carbocycles. The Bertz CT molecular complexity index is 1180. The Morgan fingerprint density at radius 3 is 2.61 bits per heavy atom. The van der Waals surface area contributed by atoms with Gasteiger partial charge in [-0.15, -0.1) is 11.3 Å². The molecule has 33 heavy (non-hydrogen) atoms. The maximum Gasteiger partial charge on any atom is 0.251 e. The van der Waals surface area contributed by atoms with E-state index in [-0.39, 0.29) is 23.5 Å². The lowest BCUT2D eigenvalue weighted by Crippen LogP contribution is -2.52. The Labute approximate surface area is 196 Å². The molecule has 2 heterocycles. The van der Waals surface area contributed by atoms with E-state index in [2.05, 4.69) is 10.6 Å². The second-order valence-electron chi connectivity index (χ2n) is 8.90. The van der Waals surface area contributed by atoms with Crippen molar-refractivity contribution in [2.75, 3.05) is 6.54 Å². The van der Waals surface area contributed by atoms with Crippen molar-refractivity contribution in [3.8, 4) is 10.4 Å². The number of carbonyl (C=O) groups excluding carboxylic acids is 2. The van der Waals surface area contributed by atoms with Gasteiger partial charge in [0.05, 0.1) is 9.88 Å². The van der Waals surface area contributed by atoms with E-state index in [4.69, 9.17) is 4.98 Å². The van der Waals surface area contributed by atoms with Crippen LogP contribution in [0.2, 0.25) is 0 Å². The maximum absolute atomic E-state index is 13.9. The van der Waals surface area contributed by atoms with Crippen LogP contribution < -0.4 is 10.6 Å². The highest BCUT2D eigenvalue weighted by Crippen LogP contribution is 2.45. The number of Topliss-reactive ketones (excluding diaryl/α,β-unsaturated/α-hetero) is 1. The monoisotopic (exact) mass is 463 g/mol. The molecule has 2 fully saturated rings. The van der Waals surface area contributed by atoms with Gasteiger partial charge in [0, 0.05) is 17.5 Å². The normalized spacial score (nSPS) is 18.8. The number of rotatable bonds is 7. The minimum absolute atomic E-state index is 0.154. The van der Waals surface area contributed by atoms with Crippen LogP contribution in [0.25, 0.3) is 10.4 Å². The summed E-state index contributed by atoms with van der Waals surface area (Å²) in [6.45, 7) is 2.74. The molecule has 5 rings (SSSR count). The van der Waals surface area contributed by atoms with Gasteiger partial charge >= 0.3 is 0 Å². The molecule has 2 atom stereocenters. The van der Waals surface area contributed by atoms with Gasteiger partial charge in [-0.3, -0.25) is 9.59 Å². The molecule has 1 aliphatic heterocycles. The molecule has 3 aromatic rings. The SMILES string of the molecule is Cc1cccc(C(=O)NC(C(=O)c2nc(C3CC3)sc2-c2ccc(F)cc2)C2CCCN2)c1. The van der Waals surface area contributed by atoms with Crippen molar-refractivity contribution in [3.05, 3.63) is 76.2 Å². The Morgan fingerprint density at radius 2 is 1.94 bits per heavy atom. The largest absolute Gasteiger partial charge is 0.340 e. The zero-order chi connectivity index (χ0) is 22.9. The molecule has 1 aliphatic carbocycles. The Kier molecular flexibility index (Phi) is 6.08. The summed E-state index contributed by atoms with van der Waals surface area (Å²) in [5, 5.41) is 7.32. The number of nitrogens with one attached hydrogen (secondary N) is 2. The Morgan fingerprint density at radius 1 is 1.15 bits per heavy atom. The average molecular weight is 464 g/mol. The Hall–Kier alpha value is -2.90. The summed E-state index contributed by atoms with van der Waals surface area (Å²) < 4.78 is 13.5. The zero-order valence-electron chi connectivity index (χ0n) is 18.4. The van der Waals surface area contributed by atoms with E-state index >= 15 is 0 Å². The van der Waals surface area contributed by atoms with Gasteiger partial charge in [0.1, 0.15) is 17.6 Å². The van der Waals surface area contributed by atoms with E-state index in [1.54, 1.807) is 18.2 Å². The standard InChI is InChI=1S/C26H26FN3O2S/c1-15-4-2-5-18(14-15)25(32)29-21(20-6-3-13-28-20)23(31)22-24(16-9-11-19(27)12-10-16)33-26(30-22)17-7-8-17/h2,4-5,9-12,14,17,20-21,28H,3,6-8,13H2,1H3,(H,29,32). The molecule has 1 amide bonds. The summed E-state index contributed by atoms with van der Waals surface area (Å²) in [5.74, 6) is -0.401. The number of hydrogen-bond acceptors (Lipinski definition) is 5. The zero-order valence-corrected chi connectivity index (χ0v) is 19.3. The number of aromatic nitrogens is 1. The van der Waals surface area contributed by atoms with Crippen LogP contribution >= 0.6 is 11.3 Å². The van der Waals surface area contributed by atoms with Crippen molar-refractivity contribution in [3.63, 3.8) is 0 Å². The second-order valence-corrected chi connectivity index (χ2v) is 9.93. The predicted molar refractivity (Wildman–Crippen MR) is 127 cm³/mol. The van der Waals surface area contributed by atoms with Gasteiger partial charge in [0.15, 0.2) is 0 Å². The van der Waals surface area contributed by atoms with Crippen LogP contribution in [0.5, 0.6) is 0 Å². The summed E-state index contributed by atoms with van der Waals surface area (Å²) in [6.07, 6.45) is 3.89. The number of amides is 1. The molecule has 2 N–H and O–H groups in total. The highest BCUT2D eigenvalue weighted by Gasteiger charge is 2.37. The van der Waals surface area contributed by atoms with E-state index in [9.17, 15) is 14.0 Å². The molecule has 7 heteroatoms. The number of aryl methyl sites for hydroxylation is 1. The highest BCUT2D eigenvalue weighted by atomic mass is 32.1. The summed E-state index contributed by atoms with van der Waals surface area (Å²) in [6, 6.07) is 12.6. The first kappa shape index (κ1) is 21.9. The third-order valence-corrected chi connectivity index (χ3v) is 7.53. The van der Waals surface area contributed by atoms with Crippen LogP contribution in [-0.4, -0.2) is 35.3 Å². The van der Waals surface area contributed by atoms with Crippen LogP contribution in [-0.2, 0) is 0 Å². The molecule has 2 aromatic carbocycles. The smallest absolute Gasteiger partial charge is 0.251 e. The third kappa shape index (κ3) is 4.75. The number of ketones is 1. The van der Waals surface area contributed by atoms with Crippen LogP contribution in [0.4, 0.5) is 4.39 Å². The molecule has 1 saturated heterocycles. The van der Waals surface area contributed by atoms with Gasteiger partial charge in [-0.25, -0.2) is 9.37 Å². The van der Waals surface area contributed by atoms with Crippen molar-refractivity contribution in [1.82, 2.24) is 15.6 Å². The van der Waals surface area contributed by atoms with Crippen molar-refractivity contribution < 1.29 is 14.0 Å². The van der Waals surface area contributed by atoms with E-state index < -0.39 is 6.04 Å². The third-order valence-electron chi connectivity index (χ3n) is 6.26. The predicted octanol–water partition coefficient (Wildman–Crippen LogP) is 4.87. The highest BCUT2D eigenvalue weighted by molar-refractivity contribution is 7.15. The number of benzene rings is 2. The van der Waals surface area contributed by atoms with Crippen molar-refractivity contribution in [2.24, 2.45) is 0 Å². The summed E-state index contributed by atoms with van der Waals surface area (Å²) >= 11 is 1.51. The van der Waals surface area contributed by atoms with E-state index in [0.717, 1.165) is 53.2 Å². The molecule has 0 bridgehead atoms. The first-order valence-electron chi connectivity index (χ1n) is 11.4. The quantitative estimate of drug-likeness (QED) is 0.491. The fraction of sp³-hybridized carbons (Fsp3) is 0.346. The lowest BCUT2D eigenvalue weighted by atomic mass is 9.97. The molecule has 2 aliphatic rings. The van der Waals surface area contributed by atoms with Gasteiger partial charge in [-0.05, 0) is 69.0 Å². The average Bonchev–Trinajstić information content (AvgIpc) is 3.34. The van der Waals surface area contributed by atoms with Crippen molar-refractivity contribution >= 4 is 23.0 Å². The van der Waals surface area contributed by atoms with Crippen LogP contribution in [0.3, 0.4) is 0 Å². The first-order valence-corrected chi connectivity index (χ1v) is 12.2. The van der Waals surface area contributed by atoms with Gasteiger partial charge < -0.3 is 10.6 Å². The molecular formula is C26H26FN3O2S. The molecule has 1 aromatic heterocycles. The molecule has 2 unspecified atom stereocenters. The van der Waals surface area contributed by atoms with E-state index in [1.807, 2.05) is 25.1 Å². The van der Waals surface area contributed by atoms with Gasteiger partial charge in [0.2, 0.25) is 5.78 Å². The fourth-order valence-corrected chi connectivity index (χ4v) is 5.55. The lowest BCUT2D eigenvalue weighted by Gasteiger charge is -2.24. The fourth-order valence-electron chi connectivity index (χ4n) is 4.31. The lowest BCUT2D eigenvalue weighted by molar-refractivity contribution is 0.0836. The number of halogens is 1. The van der Waals surface area contributed by atoms with Crippen LogP contribution in [0.15, 0.2) is 48.5 Å². The number of hydrogen-bond donors (Lipinski definition) is 2. The van der Waals surface area contributed by atoms with E-state index in [0.29, 0.717) is 17.2 Å². The Balaban J connectivity index is 1.50. The molecule has 0 spiro atoms. The molecule has 170 valence electrons. The van der Waals surface area contributed by atoms with Crippen LogP contribution in [0, 0.1) is 12.7 Å². The van der Waals surface area contributed by atoms with Gasteiger partial charge in [-0.2, -0.15) is 0 Å². The van der Waals surface area contributed by atoms with Gasteiger partial charge in [0.25, 0.3) is 5.91 Å². The minimum Gasteiger partial charge on any atom is -0.340 e. The van der Waals surface area contributed by atoms with Gasteiger partial charge in [-0.1, -0.05) is 29.8 Å². The minimum atomic E-state index is -0.728. The number of nitrogens with zero attached hydrogens (tertiary/aromatic N) is 1. The van der Waals surface area contributed by atoms with Crippen molar-refractivity contribution in [1.29, 1.82) is 0 Å².